The zero-order valence-electron chi connectivity index (χ0n) is 15.0. The first-order valence-electron chi connectivity index (χ1n) is 8.62. The van der Waals surface area contributed by atoms with Gasteiger partial charge in [0, 0.05) is 23.2 Å². The highest BCUT2D eigenvalue weighted by atomic mass is 16.5. The van der Waals surface area contributed by atoms with Crippen molar-refractivity contribution >= 4 is 28.9 Å². The molecule has 0 aliphatic heterocycles. The van der Waals surface area contributed by atoms with E-state index in [1.54, 1.807) is 22.9 Å². The summed E-state index contributed by atoms with van der Waals surface area (Å²) < 4.78 is 7.63. The van der Waals surface area contributed by atoms with Crippen molar-refractivity contribution in [3.05, 3.63) is 84.1 Å². The van der Waals surface area contributed by atoms with Crippen molar-refractivity contribution in [2.75, 3.05) is 0 Å². The van der Waals surface area contributed by atoms with Crippen molar-refractivity contribution in [2.24, 2.45) is 0 Å². The van der Waals surface area contributed by atoms with Crippen molar-refractivity contribution in [2.45, 2.75) is 13.2 Å². The molecule has 0 atom stereocenters. The molecule has 3 rings (SSSR count). The second kappa shape index (κ2) is 8.73. The number of carbonyl (C=O) groups is 2. The maximum absolute atomic E-state index is 11.2. The highest BCUT2D eigenvalue weighted by Gasteiger charge is 2.13. The van der Waals surface area contributed by atoms with Crippen LogP contribution in [0.25, 0.3) is 17.0 Å². The van der Waals surface area contributed by atoms with Crippen LogP contribution in [0.4, 0.5) is 0 Å². The van der Waals surface area contributed by atoms with Gasteiger partial charge in [-0.2, -0.15) is 0 Å². The first kappa shape index (κ1) is 19.0. The molecule has 0 saturated heterocycles. The molecule has 6 nitrogen and oxygen atoms in total. The third kappa shape index (κ3) is 4.67. The van der Waals surface area contributed by atoms with Gasteiger partial charge in [-0.05, 0) is 17.7 Å². The number of aromatic nitrogens is 1. The number of carboxylic acid groups (broad SMARTS) is 2. The number of fused-ring (bicyclic) bond motifs is 1. The van der Waals surface area contributed by atoms with E-state index in [2.05, 4.69) is 0 Å². The van der Waals surface area contributed by atoms with E-state index >= 15 is 0 Å². The molecule has 3 aromatic rings. The lowest BCUT2D eigenvalue weighted by molar-refractivity contribution is -0.137. The second-order valence-electron chi connectivity index (χ2n) is 6.09. The molecule has 0 amide bonds. The highest BCUT2D eigenvalue weighted by Crippen LogP contribution is 2.32. The number of ether oxygens (including phenoxy) is 1. The van der Waals surface area contributed by atoms with Crippen molar-refractivity contribution < 1.29 is 24.5 Å². The van der Waals surface area contributed by atoms with E-state index in [0.717, 1.165) is 28.1 Å². The summed E-state index contributed by atoms with van der Waals surface area (Å²) in [6.07, 6.45) is 7.49. The number of nitrogens with zero attached hydrogens (tertiary/aromatic N) is 1. The lowest BCUT2D eigenvalue weighted by Gasteiger charge is -2.09. The van der Waals surface area contributed by atoms with Gasteiger partial charge in [-0.25, -0.2) is 4.79 Å². The molecular weight excluding hydrogens is 358 g/mol. The quantitative estimate of drug-likeness (QED) is 0.458. The van der Waals surface area contributed by atoms with Gasteiger partial charge in [0.05, 0.1) is 5.52 Å². The lowest BCUT2D eigenvalue weighted by atomic mass is 10.1. The largest absolute Gasteiger partial charge is 0.488 e. The van der Waals surface area contributed by atoms with Gasteiger partial charge in [0.1, 0.15) is 18.9 Å². The normalized spacial score (nSPS) is 11.4. The zero-order chi connectivity index (χ0) is 19.9. The Labute approximate surface area is 161 Å². The first-order valence-corrected chi connectivity index (χ1v) is 8.62. The Morgan fingerprint density at radius 2 is 1.79 bits per heavy atom. The average molecular weight is 377 g/mol. The Morgan fingerprint density at radius 3 is 2.50 bits per heavy atom. The van der Waals surface area contributed by atoms with E-state index < -0.39 is 11.9 Å². The predicted molar refractivity (Wildman–Crippen MR) is 106 cm³/mol. The molecule has 2 aromatic carbocycles. The highest BCUT2D eigenvalue weighted by molar-refractivity contribution is 5.95. The van der Waals surface area contributed by atoms with Crippen LogP contribution in [0, 0.1) is 0 Å². The van der Waals surface area contributed by atoms with Gasteiger partial charge >= 0.3 is 11.9 Å². The molecule has 0 spiro atoms. The van der Waals surface area contributed by atoms with Crippen molar-refractivity contribution in [1.29, 1.82) is 0 Å². The first-order chi connectivity index (χ1) is 13.5. The summed E-state index contributed by atoms with van der Waals surface area (Å²) in [5.41, 5.74) is 2.50. The Kier molecular flexibility index (Phi) is 5.91. The molecule has 1 aromatic heterocycles. The lowest BCUT2D eigenvalue weighted by Crippen LogP contribution is -2.07. The van der Waals surface area contributed by atoms with Crippen molar-refractivity contribution in [3.63, 3.8) is 0 Å². The van der Waals surface area contributed by atoms with Crippen LogP contribution in [0.2, 0.25) is 0 Å². The van der Waals surface area contributed by atoms with E-state index in [1.807, 2.05) is 48.5 Å². The average Bonchev–Trinajstić information content (AvgIpc) is 3.02. The van der Waals surface area contributed by atoms with Crippen LogP contribution in [-0.4, -0.2) is 26.7 Å². The summed E-state index contributed by atoms with van der Waals surface area (Å²) in [4.78, 5) is 21.8. The van der Waals surface area contributed by atoms with Gasteiger partial charge in [-0.15, -0.1) is 0 Å². The van der Waals surface area contributed by atoms with Gasteiger partial charge in [0.2, 0.25) is 0 Å². The molecular formula is C22H19NO5. The molecule has 28 heavy (non-hydrogen) atoms. The number of hydrogen-bond acceptors (Lipinski definition) is 3. The van der Waals surface area contributed by atoms with Gasteiger partial charge in [-0.3, -0.25) is 4.79 Å². The maximum Gasteiger partial charge on any atom is 0.328 e. The molecule has 0 saturated carbocycles. The van der Waals surface area contributed by atoms with E-state index in [9.17, 15) is 14.7 Å². The van der Waals surface area contributed by atoms with Crippen LogP contribution in [0.1, 0.15) is 11.1 Å². The van der Waals surface area contributed by atoms with Gasteiger partial charge in [0.25, 0.3) is 0 Å². The number of aliphatic carboxylic acids is 2. The molecule has 0 unspecified atom stereocenters. The smallest absolute Gasteiger partial charge is 0.328 e. The molecule has 0 radical (unpaired) electrons. The standard InChI is InChI=1S/C22H19NO5/c24-20(25)12-5-4-9-17-13-23(14-21(26)27)18-10-6-11-19(22(17)18)28-15-16-7-2-1-3-8-16/h1-13H,14-15H2,(H,24,25)(H,26,27)/b9-4+,12-5+. The SMILES string of the molecule is O=C(O)/C=C/C=C/c1cn(CC(=O)O)c2cccc(OCc3ccccc3)c12. The summed E-state index contributed by atoms with van der Waals surface area (Å²) in [7, 11) is 0. The Morgan fingerprint density at radius 1 is 1.00 bits per heavy atom. The van der Waals surface area contributed by atoms with Gasteiger partial charge in [0.15, 0.2) is 0 Å². The summed E-state index contributed by atoms with van der Waals surface area (Å²) in [5, 5.41) is 18.7. The fraction of sp³-hybridized carbons (Fsp3) is 0.0909. The fourth-order valence-corrected chi connectivity index (χ4v) is 2.91. The summed E-state index contributed by atoms with van der Waals surface area (Å²) >= 11 is 0. The fourth-order valence-electron chi connectivity index (χ4n) is 2.91. The zero-order valence-corrected chi connectivity index (χ0v) is 15.0. The van der Waals surface area contributed by atoms with E-state index in [0.29, 0.717) is 12.4 Å². The predicted octanol–water partition coefficient (Wildman–Crippen LogP) is 3.96. The maximum atomic E-state index is 11.2. The molecule has 1 heterocycles. The van der Waals surface area contributed by atoms with E-state index in [1.165, 1.54) is 6.08 Å². The van der Waals surface area contributed by atoms with E-state index in [-0.39, 0.29) is 6.54 Å². The minimum atomic E-state index is -1.04. The molecule has 0 bridgehead atoms. The summed E-state index contributed by atoms with van der Waals surface area (Å²) in [6, 6.07) is 15.2. The van der Waals surface area contributed by atoms with Crippen LogP contribution in [-0.2, 0) is 22.7 Å². The minimum absolute atomic E-state index is 0.183. The third-order valence-electron chi connectivity index (χ3n) is 4.07. The number of allylic oxidation sites excluding steroid dienone is 2. The van der Waals surface area contributed by atoms with Crippen molar-refractivity contribution in [3.8, 4) is 5.75 Å². The molecule has 0 aliphatic rings. The Hall–Kier alpha value is -3.80. The number of benzene rings is 2. The number of hydrogen-bond donors (Lipinski definition) is 2. The van der Waals surface area contributed by atoms with Crippen LogP contribution in [0.3, 0.4) is 0 Å². The van der Waals surface area contributed by atoms with Crippen molar-refractivity contribution in [1.82, 2.24) is 4.57 Å². The number of carboxylic acids is 2. The molecule has 0 fully saturated rings. The summed E-state index contributed by atoms with van der Waals surface area (Å²) in [5.74, 6) is -1.36. The van der Waals surface area contributed by atoms with Gasteiger partial charge < -0.3 is 19.5 Å². The molecule has 142 valence electrons. The Balaban J connectivity index is 1.99. The van der Waals surface area contributed by atoms with Crippen LogP contribution in [0.15, 0.2) is 73.0 Å². The van der Waals surface area contributed by atoms with Crippen LogP contribution >= 0.6 is 0 Å². The van der Waals surface area contributed by atoms with Gasteiger partial charge in [-0.1, -0.05) is 54.6 Å². The molecule has 0 aliphatic carbocycles. The number of rotatable bonds is 8. The molecule has 6 heteroatoms. The minimum Gasteiger partial charge on any atom is -0.488 e. The Bertz CT molecular complexity index is 1050. The third-order valence-corrected chi connectivity index (χ3v) is 4.07. The van der Waals surface area contributed by atoms with Crippen LogP contribution in [0.5, 0.6) is 5.75 Å². The topological polar surface area (TPSA) is 88.8 Å². The van der Waals surface area contributed by atoms with E-state index in [4.69, 9.17) is 9.84 Å². The molecule has 2 N–H and O–H groups in total. The second-order valence-corrected chi connectivity index (χ2v) is 6.09. The van der Waals surface area contributed by atoms with Crippen LogP contribution < -0.4 is 4.74 Å². The summed E-state index contributed by atoms with van der Waals surface area (Å²) in [6.45, 7) is 0.198. The monoisotopic (exact) mass is 377 g/mol.